The van der Waals surface area contributed by atoms with Gasteiger partial charge in [0.25, 0.3) is 11.8 Å². The molecule has 0 bridgehead atoms. The standard InChI is InChI=1S/C20H18ClNO4/c1-11-5-7-14(12(2)9-11)22-19(23)17(18(21)20(22)24)13-6-8-15(25-3)16(10-13)26-4/h5-10H,1-4H3. The van der Waals surface area contributed by atoms with Crippen LogP contribution in [-0.2, 0) is 9.59 Å². The predicted octanol–water partition coefficient (Wildman–Crippen LogP) is 3.84. The van der Waals surface area contributed by atoms with Crippen LogP contribution in [0.15, 0.2) is 41.4 Å². The molecular weight excluding hydrogens is 354 g/mol. The van der Waals surface area contributed by atoms with Gasteiger partial charge in [-0.25, -0.2) is 4.90 Å². The fourth-order valence-corrected chi connectivity index (χ4v) is 3.29. The van der Waals surface area contributed by atoms with E-state index in [1.807, 2.05) is 26.0 Å². The minimum absolute atomic E-state index is 0.109. The van der Waals surface area contributed by atoms with Crippen molar-refractivity contribution in [2.75, 3.05) is 19.1 Å². The molecule has 0 aliphatic carbocycles. The molecule has 3 rings (SSSR count). The molecular formula is C20H18ClNO4. The molecule has 0 saturated carbocycles. The van der Waals surface area contributed by atoms with Crippen molar-refractivity contribution in [1.82, 2.24) is 0 Å². The minimum atomic E-state index is -0.534. The number of hydrogen-bond acceptors (Lipinski definition) is 4. The largest absolute Gasteiger partial charge is 0.493 e. The zero-order chi connectivity index (χ0) is 19.0. The summed E-state index contributed by atoms with van der Waals surface area (Å²) < 4.78 is 10.5. The number of methoxy groups -OCH3 is 2. The zero-order valence-electron chi connectivity index (χ0n) is 14.9. The lowest BCUT2D eigenvalue weighted by Gasteiger charge is -2.18. The van der Waals surface area contributed by atoms with Gasteiger partial charge in [0.05, 0.1) is 25.5 Å². The van der Waals surface area contributed by atoms with Crippen molar-refractivity contribution in [2.45, 2.75) is 13.8 Å². The second-order valence-corrected chi connectivity index (χ2v) is 6.37. The Morgan fingerprint density at radius 1 is 0.885 bits per heavy atom. The first-order valence-electron chi connectivity index (χ1n) is 7.97. The first kappa shape index (κ1) is 18.0. The van der Waals surface area contributed by atoms with Crippen molar-refractivity contribution >= 4 is 34.7 Å². The number of nitrogens with zero attached hydrogens (tertiary/aromatic N) is 1. The highest BCUT2D eigenvalue weighted by Crippen LogP contribution is 2.38. The quantitative estimate of drug-likeness (QED) is 0.766. The molecule has 0 spiro atoms. The highest BCUT2D eigenvalue weighted by molar-refractivity contribution is 6.60. The molecule has 134 valence electrons. The van der Waals surface area contributed by atoms with Crippen molar-refractivity contribution in [3.63, 3.8) is 0 Å². The van der Waals surface area contributed by atoms with Crippen LogP contribution in [0.25, 0.3) is 5.57 Å². The van der Waals surface area contributed by atoms with Gasteiger partial charge in [0.2, 0.25) is 0 Å². The van der Waals surface area contributed by atoms with Crippen molar-refractivity contribution in [2.24, 2.45) is 0 Å². The van der Waals surface area contributed by atoms with E-state index in [4.69, 9.17) is 21.1 Å². The molecule has 0 saturated heterocycles. The van der Waals surface area contributed by atoms with Crippen LogP contribution in [0.4, 0.5) is 5.69 Å². The molecule has 0 N–H and O–H groups in total. The summed E-state index contributed by atoms with van der Waals surface area (Å²) in [5, 5.41) is -0.109. The molecule has 1 aliphatic rings. The molecule has 0 fully saturated rings. The van der Waals surface area contributed by atoms with E-state index in [-0.39, 0.29) is 10.6 Å². The summed E-state index contributed by atoms with van der Waals surface area (Å²) in [6.07, 6.45) is 0. The van der Waals surface area contributed by atoms with Crippen LogP contribution in [0.3, 0.4) is 0 Å². The smallest absolute Gasteiger partial charge is 0.277 e. The Kier molecular flexibility index (Phi) is 4.74. The van der Waals surface area contributed by atoms with Crippen LogP contribution in [-0.4, -0.2) is 26.0 Å². The maximum Gasteiger partial charge on any atom is 0.277 e. The summed E-state index contributed by atoms with van der Waals surface area (Å²) in [5.74, 6) is -0.0178. The first-order valence-corrected chi connectivity index (χ1v) is 8.35. The Morgan fingerprint density at radius 3 is 2.19 bits per heavy atom. The van der Waals surface area contributed by atoms with Gasteiger partial charge in [-0.2, -0.15) is 0 Å². The van der Waals surface area contributed by atoms with Gasteiger partial charge in [0.15, 0.2) is 11.5 Å². The second-order valence-electron chi connectivity index (χ2n) is 5.99. The Labute approximate surface area is 156 Å². The zero-order valence-corrected chi connectivity index (χ0v) is 15.7. The summed E-state index contributed by atoms with van der Waals surface area (Å²) >= 11 is 6.25. The average Bonchev–Trinajstić information content (AvgIpc) is 2.84. The number of benzene rings is 2. The fraction of sp³-hybridized carbons (Fsp3) is 0.200. The lowest BCUT2D eigenvalue weighted by Crippen LogP contribution is -2.31. The SMILES string of the molecule is COc1ccc(C2=C(Cl)C(=O)N(c3ccc(C)cc3C)C2=O)cc1OC. The molecule has 6 heteroatoms. The van der Waals surface area contributed by atoms with E-state index in [1.165, 1.54) is 14.2 Å². The molecule has 26 heavy (non-hydrogen) atoms. The van der Waals surface area contributed by atoms with Crippen molar-refractivity contribution in [1.29, 1.82) is 0 Å². The topological polar surface area (TPSA) is 55.8 Å². The molecule has 2 amide bonds. The summed E-state index contributed by atoms with van der Waals surface area (Å²) in [6.45, 7) is 3.80. The van der Waals surface area contributed by atoms with E-state index >= 15 is 0 Å². The van der Waals surface area contributed by atoms with Crippen LogP contribution < -0.4 is 14.4 Å². The second kappa shape index (κ2) is 6.84. The van der Waals surface area contributed by atoms with Gasteiger partial charge in [-0.05, 0) is 43.2 Å². The molecule has 1 heterocycles. The molecule has 0 radical (unpaired) electrons. The number of rotatable bonds is 4. The summed E-state index contributed by atoms with van der Waals surface area (Å²) in [4.78, 5) is 26.8. The average molecular weight is 372 g/mol. The van der Waals surface area contributed by atoms with E-state index < -0.39 is 11.8 Å². The van der Waals surface area contributed by atoms with Crippen LogP contribution in [0, 0.1) is 13.8 Å². The van der Waals surface area contributed by atoms with Gasteiger partial charge in [0.1, 0.15) is 5.03 Å². The Morgan fingerprint density at radius 2 is 1.58 bits per heavy atom. The number of amides is 2. The van der Waals surface area contributed by atoms with Gasteiger partial charge in [-0.1, -0.05) is 35.4 Å². The molecule has 2 aromatic carbocycles. The van der Waals surface area contributed by atoms with E-state index in [0.29, 0.717) is 22.7 Å². The van der Waals surface area contributed by atoms with Gasteiger partial charge < -0.3 is 9.47 Å². The summed E-state index contributed by atoms with van der Waals surface area (Å²) in [7, 11) is 3.02. The van der Waals surface area contributed by atoms with Crippen molar-refractivity contribution in [3.8, 4) is 11.5 Å². The predicted molar refractivity (Wildman–Crippen MR) is 101 cm³/mol. The fourth-order valence-electron chi connectivity index (χ4n) is 3.02. The highest BCUT2D eigenvalue weighted by atomic mass is 35.5. The number of ether oxygens (including phenoxy) is 2. The van der Waals surface area contributed by atoms with Crippen LogP contribution >= 0.6 is 11.6 Å². The van der Waals surface area contributed by atoms with Crippen LogP contribution in [0.5, 0.6) is 11.5 Å². The summed E-state index contributed by atoms with van der Waals surface area (Å²) in [5.41, 5.74) is 3.05. The lowest BCUT2D eigenvalue weighted by atomic mass is 10.0. The number of halogens is 1. The number of aryl methyl sites for hydroxylation is 2. The maximum absolute atomic E-state index is 13.0. The highest BCUT2D eigenvalue weighted by Gasteiger charge is 2.40. The number of imide groups is 1. The molecule has 1 aliphatic heterocycles. The molecule has 0 atom stereocenters. The molecule has 0 aromatic heterocycles. The van der Waals surface area contributed by atoms with Gasteiger partial charge in [0, 0.05) is 0 Å². The monoisotopic (exact) mass is 371 g/mol. The van der Waals surface area contributed by atoms with Crippen LogP contribution in [0.1, 0.15) is 16.7 Å². The van der Waals surface area contributed by atoms with Gasteiger partial charge >= 0.3 is 0 Å². The Hall–Kier alpha value is -2.79. The molecule has 0 unspecified atom stereocenters. The van der Waals surface area contributed by atoms with E-state index in [9.17, 15) is 9.59 Å². The Bertz CT molecular complexity index is 949. The normalized spacial score (nSPS) is 14.3. The van der Waals surface area contributed by atoms with Crippen LogP contribution in [0.2, 0.25) is 0 Å². The van der Waals surface area contributed by atoms with E-state index in [2.05, 4.69) is 0 Å². The maximum atomic E-state index is 13.0. The van der Waals surface area contributed by atoms with E-state index in [1.54, 1.807) is 24.3 Å². The lowest BCUT2D eigenvalue weighted by molar-refractivity contribution is -0.119. The number of carbonyl (C=O) groups is 2. The number of carbonyl (C=O) groups excluding carboxylic acids is 2. The summed E-state index contributed by atoms with van der Waals surface area (Å²) in [6, 6.07) is 10.5. The van der Waals surface area contributed by atoms with Crippen molar-refractivity contribution in [3.05, 3.63) is 58.1 Å². The van der Waals surface area contributed by atoms with Crippen molar-refractivity contribution < 1.29 is 19.1 Å². The minimum Gasteiger partial charge on any atom is -0.493 e. The third-order valence-corrected chi connectivity index (χ3v) is 4.64. The molecule has 5 nitrogen and oxygen atoms in total. The van der Waals surface area contributed by atoms with Gasteiger partial charge in [-0.15, -0.1) is 0 Å². The third kappa shape index (κ3) is 2.84. The Balaban J connectivity index is 2.07. The molecule has 2 aromatic rings. The number of anilines is 1. The third-order valence-electron chi connectivity index (χ3n) is 4.29. The number of hydrogen-bond donors (Lipinski definition) is 0. The van der Waals surface area contributed by atoms with Gasteiger partial charge in [-0.3, -0.25) is 9.59 Å². The van der Waals surface area contributed by atoms with E-state index in [0.717, 1.165) is 16.0 Å². The first-order chi connectivity index (χ1) is 12.4.